The highest BCUT2D eigenvalue weighted by atomic mass is 127. The Morgan fingerprint density at radius 1 is 1.17 bits per heavy atom. The highest BCUT2D eigenvalue weighted by molar-refractivity contribution is 14.0. The van der Waals surface area contributed by atoms with Crippen molar-refractivity contribution in [3.05, 3.63) is 53.6 Å². The average molecular weight is 524 g/mol. The summed E-state index contributed by atoms with van der Waals surface area (Å²) in [4.78, 5) is 15.4. The Morgan fingerprint density at radius 2 is 2.00 bits per heavy atom. The minimum absolute atomic E-state index is 0. The van der Waals surface area contributed by atoms with Gasteiger partial charge in [0.2, 0.25) is 5.91 Å². The molecule has 1 aliphatic rings. The Balaban J connectivity index is 0.00000320. The van der Waals surface area contributed by atoms with Crippen LogP contribution in [0.15, 0.2) is 47.5 Å². The number of aliphatic imine (C=N–C) groups is 1. The maximum atomic E-state index is 11.1. The molecule has 0 fully saturated rings. The van der Waals surface area contributed by atoms with Crippen LogP contribution in [0.4, 0.5) is 5.69 Å². The number of nitrogens with one attached hydrogen (secondary N) is 3. The van der Waals surface area contributed by atoms with E-state index in [2.05, 4.69) is 39.1 Å². The number of rotatable bonds is 8. The lowest BCUT2D eigenvalue weighted by Crippen LogP contribution is -2.40. The van der Waals surface area contributed by atoms with Crippen LogP contribution in [0.5, 0.6) is 11.5 Å². The highest BCUT2D eigenvalue weighted by Gasteiger charge is 2.11. The Morgan fingerprint density at radius 3 is 2.80 bits per heavy atom. The van der Waals surface area contributed by atoms with Crippen LogP contribution in [0.1, 0.15) is 18.1 Å². The van der Waals surface area contributed by atoms with Gasteiger partial charge < -0.3 is 25.4 Å². The summed E-state index contributed by atoms with van der Waals surface area (Å²) in [5.41, 5.74) is 3.31. The van der Waals surface area contributed by atoms with Crippen LogP contribution in [0.25, 0.3) is 0 Å². The van der Waals surface area contributed by atoms with Crippen LogP contribution < -0.4 is 25.4 Å². The molecular weight excluding hydrogens is 495 g/mol. The normalized spacial score (nSPS) is 12.3. The van der Waals surface area contributed by atoms with Crippen LogP contribution in [-0.2, 0) is 17.6 Å². The molecule has 1 aliphatic heterocycles. The minimum atomic E-state index is -0.105. The largest absolute Gasteiger partial charge is 0.493 e. The van der Waals surface area contributed by atoms with E-state index in [-0.39, 0.29) is 29.9 Å². The van der Waals surface area contributed by atoms with Gasteiger partial charge in [-0.25, -0.2) is 0 Å². The number of nitrogens with zero attached hydrogens (tertiary/aromatic N) is 1. The molecule has 162 valence electrons. The van der Waals surface area contributed by atoms with Crippen molar-refractivity contribution >= 4 is 41.5 Å². The molecule has 1 heterocycles. The van der Waals surface area contributed by atoms with Gasteiger partial charge in [-0.2, -0.15) is 0 Å². The molecule has 3 N–H and O–H groups in total. The van der Waals surface area contributed by atoms with E-state index in [4.69, 9.17) is 9.47 Å². The van der Waals surface area contributed by atoms with Gasteiger partial charge >= 0.3 is 0 Å². The molecule has 0 bridgehead atoms. The summed E-state index contributed by atoms with van der Waals surface area (Å²) in [6.45, 7) is 4.15. The summed E-state index contributed by atoms with van der Waals surface area (Å²) in [7, 11) is 1.75. The maximum Gasteiger partial charge on any atom is 0.221 e. The molecule has 2 aromatic carbocycles. The Labute approximate surface area is 194 Å². The van der Waals surface area contributed by atoms with E-state index in [1.165, 1.54) is 18.1 Å². The molecule has 1 amide bonds. The van der Waals surface area contributed by atoms with Crippen molar-refractivity contribution < 1.29 is 14.3 Å². The van der Waals surface area contributed by atoms with Gasteiger partial charge in [0.05, 0.1) is 13.2 Å². The third-order valence-electron chi connectivity index (χ3n) is 4.50. The van der Waals surface area contributed by atoms with Crippen molar-refractivity contribution in [2.24, 2.45) is 4.99 Å². The summed E-state index contributed by atoms with van der Waals surface area (Å²) < 4.78 is 11.3. The van der Waals surface area contributed by atoms with E-state index in [9.17, 15) is 4.79 Å². The predicted octanol–water partition coefficient (Wildman–Crippen LogP) is 2.98. The zero-order valence-electron chi connectivity index (χ0n) is 17.4. The van der Waals surface area contributed by atoms with E-state index in [0.717, 1.165) is 43.4 Å². The Kier molecular flexibility index (Phi) is 9.72. The number of guanidine groups is 1. The number of hydrogen-bond donors (Lipinski definition) is 3. The molecule has 8 heteroatoms. The van der Waals surface area contributed by atoms with Crippen LogP contribution in [0.2, 0.25) is 0 Å². The van der Waals surface area contributed by atoms with Gasteiger partial charge in [-0.05, 0) is 35.7 Å². The fourth-order valence-electron chi connectivity index (χ4n) is 3.15. The van der Waals surface area contributed by atoms with E-state index in [1.807, 2.05) is 18.2 Å². The van der Waals surface area contributed by atoms with Gasteiger partial charge in [-0.3, -0.25) is 9.79 Å². The summed E-state index contributed by atoms with van der Waals surface area (Å²) in [6.07, 6.45) is 1.91. The van der Waals surface area contributed by atoms with Gasteiger partial charge in [0.25, 0.3) is 0 Å². The van der Waals surface area contributed by atoms with Crippen molar-refractivity contribution in [3.8, 4) is 11.5 Å². The number of carbonyl (C=O) groups excluding carboxylic acids is 1. The number of anilines is 1. The number of benzene rings is 2. The second kappa shape index (κ2) is 12.3. The van der Waals surface area contributed by atoms with Crippen LogP contribution in [0, 0.1) is 0 Å². The fourth-order valence-corrected chi connectivity index (χ4v) is 3.15. The third-order valence-corrected chi connectivity index (χ3v) is 4.50. The second-order valence-electron chi connectivity index (χ2n) is 6.77. The number of amides is 1. The maximum absolute atomic E-state index is 11.1. The highest BCUT2D eigenvalue weighted by Crippen LogP contribution is 2.25. The fraction of sp³-hybridized carbons (Fsp3) is 0.364. The van der Waals surface area contributed by atoms with E-state index in [1.54, 1.807) is 13.1 Å². The van der Waals surface area contributed by atoms with Gasteiger partial charge in [0.1, 0.15) is 18.1 Å². The first-order valence-corrected chi connectivity index (χ1v) is 9.83. The first kappa shape index (κ1) is 23.8. The quantitative estimate of drug-likeness (QED) is 0.214. The molecule has 0 aromatic heterocycles. The smallest absolute Gasteiger partial charge is 0.221 e. The second-order valence-corrected chi connectivity index (χ2v) is 6.77. The first-order valence-electron chi connectivity index (χ1n) is 9.83. The Hall–Kier alpha value is -2.49. The molecule has 0 saturated carbocycles. The van der Waals surface area contributed by atoms with E-state index in [0.29, 0.717) is 18.9 Å². The van der Waals surface area contributed by atoms with Gasteiger partial charge in [-0.1, -0.05) is 18.2 Å². The lowest BCUT2D eigenvalue weighted by molar-refractivity contribution is -0.114. The number of hydrogen-bond acceptors (Lipinski definition) is 4. The van der Waals surface area contributed by atoms with Gasteiger partial charge in [0.15, 0.2) is 5.96 Å². The number of halogens is 1. The topological polar surface area (TPSA) is 84.0 Å². The molecule has 0 aliphatic carbocycles. The summed E-state index contributed by atoms with van der Waals surface area (Å²) in [5.74, 6) is 2.36. The van der Waals surface area contributed by atoms with Crippen molar-refractivity contribution in [1.29, 1.82) is 0 Å². The molecule has 0 radical (unpaired) electrons. The molecule has 0 saturated heterocycles. The van der Waals surface area contributed by atoms with Crippen LogP contribution >= 0.6 is 24.0 Å². The molecule has 0 unspecified atom stereocenters. The first-order chi connectivity index (χ1) is 14.1. The van der Waals surface area contributed by atoms with E-state index >= 15 is 0 Å². The van der Waals surface area contributed by atoms with E-state index < -0.39 is 0 Å². The SMILES string of the molecule is CN=C(NCCOc1cccc(NC(C)=O)c1)NCCc1ccc2c(c1)CCO2.I. The van der Waals surface area contributed by atoms with Crippen molar-refractivity contribution in [3.63, 3.8) is 0 Å². The van der Waals surface area contributed by atoms with Crippen LogP contribution in [0.3, 0.4) is 0 Å². The lowest BCUT2D eigenvalue weighted by Gasteiger charge is -2.13. The molecule has 7 nitrogen and oxygen atoms in total. The number of ether oxygens (including phenoxy) is 2. The lowest BCUT2D eigenvalue weighted by atomic mass is 10.1. The standard InChI is InChI=1S/C22H28N4O3.HI/c1-16(27)26-19-4-3-5-20(15-19)28-13-11-25-22(23-2)24-10-8-17-6-7-21-18(14-17)9-12-29-21;/h3-7,14-15H,8-13H2,1-2H3,(H,26,27)(H2,23,24,25);1H. The van der Waals surface area contributed by atoms with Crippen LogP contribution in [-0.4, -0.2) is 45.2 Å². The number of carbonyl (C=O) groups is 1. The molecule has 2 aromatic rings. The monoisotopic (exact) mass is 524 g/mol. The third kappa shape index (κ3) is 7.40. The van der Waals surface area contributed by atoms with Gasteiger partial charge in [0, 0.05) is 38.7 Å². The molecule has 0 spiro atoms. The van der Waals surface area contributed by atoms with Crippen molar-refractivity contribution in [2.75, 3.05) is 38.7 Å². The zero-order chi connectivity index (χ0) is 20.5. The molecule has 3 rings (SSSR count). The molecular formula is C22H29IN4O3. The number of fused-ring (bicyclic) bond motifs is 1. The summed E-state index contributed by atoms with van der Waals surface area (Å²) in [5, 5.41) is 9.30. The molecule has 0 atom stereocenters. The summed E-state index contributed by atoms with van der Waals surface area (Å²) >= 11 is 0. The molecule has 30 heavy (non-hydrogen) atoms. The predicted molar refractivity (Wildman–Crippen MR) is 130 cm³/mol. The Bertz CT molecular complexity index is 873. The van der Waals surface area contributed by atoms with Gasteiger partial charge in [-0.15, -0.1) is 24.0 Å². The van der Waals surface area contributed by atoms with Crippen molar-refractivity contribution in [2.45, 2.75) is 19.8 Å². The zero-order valence-corrected chi connectivity index (χ0v) is 19.7. The minimum Gasteiger partial charge on any atom is -0.493 e. The average Bonchev–Trinajstić information content (AvgIpc) is 3.17. The summed E-state index contributed by atoms with van der Waals surface area (Å²) in [6, 6.07) is 13.7. The van der Waals surface area contributed by atoms with Crippen molar-refractivity contribution in [1.82, 2.24) is 10.6 Å².